The highest BCUT2D eigenvalue weighted by molar-refractivity contribution is 7.65. The Labute approximate surface area is 101 Å². The Morgan fingerprint density at radius 3 is 2.06 bits per heavy atom. The molecule has 0 heterocycles. The van der Waals surface area contributed by atoms with Crippen LogP contribution in [0, 0.1) is 20.8 Å². The lowest BCUT2D eigenvalue weighted by Crippen LogP contribution is -2.15. The third-order valence-corrected chi connectivity index (χ3v) is 3.92. The predicted octanol–water partition coefficient (Wildman–Crippen LogP) is 1.80. The van der Waals surface area contributed by atoms with Crippen LogP contribution >= 0.6 is 7.80 Å². The van der Waals surface area contributed by atoms with Crippen LogP contribution < -0.4 is 5.73 Å². The van der Waals surface area contributed by atoms with Crippen molar-refractivity contribution in [3.05, 3.63) is 34.4 Å². The molecule has 1 aromatic rings. The van der Waals surface area contributed by atoms with Gasteiger partial charge in [-0.25, -0.2) is 0 Å². The Hall–Kier alpha value is -1.41. The Morgan fingerprint density at radius 1 is 1.18 bits per heavy atom. The van der Waals surface area contributed by atoms with Gasteiger partial charge in [0, 0.05) is 5.56 Å². The van der Waals surface area contributed by atoms with Crippen LogP contribution in [0.5, 0.6) is 0 Å². The summed E-state index contributed by atoms with van der Waals surface area (Å²) in [4.78, 5) is 22.6. The molecule has 1 amide bonds. The first kappa shape index (κ1) is 13.7. The van der Waals surface area contributed by atoms with Gasteiger partial charge in [-0.1, -0.05) is 17.7 Å². The molecule has 2 N–H and O–H groups in total. The summed E-state index contributed by atoms with van der Waals surface area (Å²) in [7, 11) is -2.64. The van der Waals surface area contributed by atoms with Crippen molar-refractivity contribution in [1.29, 1.82) is 0 Å². The van der Waals surface area contributed by atoms with Crippen molar-refractivity contribution in [2.75, 3.05) is 6.16 Å². The average Bonchev–Trinajstić information content (AvgIpc) is 2.14. The Bertz CT molecular complexity index is 485. The van der Waals surface area contributed by atoms with Crippen LogP contribution in [0.15, 0.2) is 12.1 Å². The summed E-state index contributed by atoms with van der Waals surface area (Å²) >= 11 is 0. The first-order chi connectivity index (χ1) is 7.82. The summed E-state index contributed by atoms with van der Waals surface area (Å²) < 4.78 is 11.7. The molecule has 0 aliphatic carbocycles. The number of nitrogens with two attached hydrogens (primary N) is 1. The molecule has 1 unspecified atom stereocenters. The number of primary amides is 1. The van der Waals surface area contributed by atoms with Crippen LogP contribution in [0.3, 0.4) is 0 Å². The molecule has 0 aromatic heterocycles. The summed E-state index contributed by atoms with van der Waals surface area (Å²) in [5.41, 5.74) is 7.57. The van der Waals surface area contributed by atoms with Crippen LogP contribution in [-0.4, -0.2) is 17.6 Å². The van der Waals surface area contributed by atoms with E-state index in [1.165, 1.54) is 0 Å². The second-order valence-corrected chi connectivity index (χ2v) is 5.82. The zero-order valence-electron chi connectivity index (χ0n) is 10.2. The van der Waals surface area contributed by atoms with Gasteiger partial charge in [0.1, 0.15) is 0 Å². The van der Waals surface area contributed by atoms with Crippen LogP contribution in [0.25, 0.3) is 0 Å². The molecule has 0 spiro atoms. The van der Waals surface area contributed by atoms with Gasteiger partial charge >= 0.3 is 0 Å². The number of hydrogen-bond donors (Lipinski definition) is 1. The van der Waals surface area contributed by atoms with Crippen LogP contribution in [0.4, 0.5) is 0 Å². The largest absolute Gasteiger partial charge is 0.369 e. The molecule has 5 heteroatoms. The van der Waals surface area contributed by atoms with Crippen molar-refractivity contribution in [2.24, 2.45) is 5.73 Å². The monoisotopic (exact) mass is 253 g/mol. The third-order valence-electron chi connectivity index (χ3n) is 2.49. The number of carbonyl (C=O) groups is 2. The van der Waals surface area contributed by atoms with Crippen molar-refractivity contribution in [3.8, 4) is 0 Å². The minimum absolute atomic E-state index is 0.351. The zero-order valence-corrected chi connectivity index (χ0v) is 11.2. The van der Waals surface area contributed by atoms with E-state index in [0.29, 0.717) is 5.56 Å². The molecule has 17 heavy (non-hydrogen) atoms. The number of carbonyl (C=O) groups excluding carboxylic acids is 2. The lowest BCUT2D eigenvalue weighted by atomic mass is 10.0. The third kappa shape index (κ3) is 3.27. The summed E-state index contributed by atoms with van der Waals surface area (Å²) in [5, 5.41) is 0. The molecule has 92 valence electrons. The minimum atomic E-state index is -2.64. The fraction of sp³-hybridized carbons (Fsp3) is 0.333. The number of rotatable bonds is 4. The van der Waals surface area contributed by atoms with E-state index >= 15 is 0 Å². The van der Waals surface area contributed by atoms with Gasteiger partial charge in [0.2, 0.25) is 11.4 Å². The van der Waals surface area contributed by atoms with E-state index in [0.717, 1.165) is 16.7 Å². The fourth-order valence-electron chi connectivity index (χ4n) is 1.92. The lowest BCUT2D eigenvalue weighted by Gasteiger charge is -2.09. The van der Waals surface area contributed by atoms with Gasteiger partial charge in [0.05, 0.1) is 6.16 Å². The topological polar surface area (TPSA) is 77.2 Å². The van der Waals surface area contributed by atoms with Crippen molar-refractivity contribution in [1.82, 2.24) is 0 Å². The van der Waals surface area contributed by atoms with Crippen LogP contribution in [0.1, 0.15) is 27.0 Å². The smallest absolute Gasteiger partial charge is 0.224 e. The number of hydrogen-bond acceptors (Lipinski definition) is 3. The van der Waals surface area contributed by atoms with Gasteiger partial charge in [-0.15, -0.1) is 0 Å². The van der Waals surface area contributed by atoms with Gasteiger partial charge in [-0.3, -0.25) is 9.59 Å². The predicted molar refractivity (Wildman–Crippen MR) is 68.0 cm³/mol. The molecular weight excluding hydrogens is 237 g/mol. The summed E-state index contributed by atoms with van der Waals surface area (Å²) in [6.45, 7) is 5.53. The lowest BCUT2D eigenvalue weighted by molar-refractivity contribution is -0.115. The van der Waals surface area contributed by atoms with E-state index < -0.39 is 19.2 Å². The molecule has 1 rings (SSSR count). The maximum Gasteiger partial charge on any atom is 0.224 e. The SMILES string of the molecule is Cc1cc(C)c(C(=O)[PH](=O)CC(N)=O)c(C)c1. The van der Waals surface area contributed by atoms with E-state index in [2.05, 4.69) is 0 Å². The van der Waals surface area contributed by atoms with Crippen molar-refractivity contribution >= 4 is 19.2 Å². The maximum atomic E-state index is 12.0. The normalized spacial score (nSPS) is 12.2. The van der Waals surface area contributed by atoms with E-state index in [-0.39, 0.29) is 6.16 Å². The standard InChI is InChI=1S/C12H16NO3P/c1-7-4-8(2)11(9(3)5-7)12(15)17(16)6-10(13)14/h4-5,17H,6H2,1-3H3,(H2,13,14). The number of benzene rings is 1. The molecule has 0 saturated carbocycles. The van der Waals surface area contributed by atoms with E-state index in [4.69, 9.17) is 5.73 Å². The minimum Gasteiger partial charge on any atom is -0.369 e. The first-order valence-electron chi connectivity index (χ1n) is 5.26. The van der Waals surface area contributed by atoms with E-state index in [9.17, 15) is 14.2 Å². The van der Waals surface area contributed by atoms with Crippen LogP contribution in [0.2, 0.25) is 0 Å². The summed E-state index contributed by atoms with van der Waals surface area (Å²) in [5.74, 6) is -0.704. The molecule has 0 fully saturated rings. The first-order valence-corrected chi connectivity index (χ1v) is 6.88. The molecule has 0 bridgehead atoms. The van der Waals surface area contributed by atoms with E-state index in [1.807, 2.05) is 19.1 Å². The van der Waals surface area contributed by atoms with Crippen molar-refractivity contribution < 1.29 is 14.2 Å². The molecule has 1 atom stereocenters. The highest BCUT2D eigenvalue weighted by Crippen LogP contribution is 2.30. The Kier molecular flexibility index (Phi) is 4.24. The molecule has 1 aromatic carbocycles. The number of amides is 1. The molecule has 0 radical (unpaired) electrons. The summed E-state index contributed by atoms with van der Waals surface area (Å²) in [6, 6.07) is 3.72. The second kappa shape index (κ2) is 5.28. The van der Waals surface area contributed by atoms with Gasteiger partial charge in [0.25, 0.3) is 0 Å². The average molecular weight is 253 g/mol. The molecule has 0 saturated heterocycles. The van der Waals surface area contributed by atoms with Gasteiger partial charge in [0.15, 0.2) is 7.80 Å². The van der Waals surface area contributed by atoms with Gasteiger partial charge < -0.3 is 10.3 Å². The summed E-state index contributed by atoms with van der Waals surface area (Å²) in [6.07, 6.45) is -0.351. The van der Waals surface area contributed by atoms with Crippen molar-refractivity contribution in [3.63, 3.8) is 0 Å². The van der Waals surface area contributed by atoms with Gasteiger partial charge in [-0.05, 0) is 31.9 Å². The zero-order chi connectivity index (χ0) is 13.2. The quantitative estimate of drug-likeness (QED) is 0.831. The molecule has 0 aliphatic rings. The van der Waals surface area contributed by atoms with Crippen molar-refractivity contribution in [2.45, 2.75) is 20.8 Å². The fourth-order valence-corrected chi connectivity index (χ4v) is 3.07. The Balaban J connectivity index is 3.13. The van der Waals surface area contributed by atoms with Gasteiger partial charge in [-0.2, -0.15) is 0 Å². The maximum absolute atomic E-state index is 12.0. The van der Waals surface area contributed by atoms with E-state index in [1.54, 1.807) is 13.8 Å². The Morgan fingerprint density at radius 2 is 1.65 bits per heavy atom. The molecule has 4 nitrogen and oxygen atoms in total. The molecule has 0 aliphatic heterocycles. The molecular formula is C12H16NO3P. The van der Waals surface area contributed by atoms with Crippen LogP contribution in [-0.2, 0) is 9.36 Å². The highest BCUT2D eigenvalue weighted by atomic mass is 31.1. The number of aryl methyl sites for hydroxylation is 3. The second-order valence-electron chi connectivity index (χ2n) is 4.17. The highest BCUT2D eigenvalue weighted by Gasteiger charge is 2.20.